The SMILES string of the molecule is CC(C)(C)CC1(CNS(C)(=O)=O)COCCOCCOCC(CNS(C)(=O)=O)(CC(C)(C)C)CC2(CNS(C)(=O)=O)COCCOCCOCC(CNS(C)(=O)=O)(C1)CC(CNS(C)(=O)=O)(C(C)(C)C)COCCOCCOCC(CNS(C)(=O)=O)(C(C)(C)C)C2. The van der Waals surface area contributed by atoms with Crippen LogP contribution >= 0.6 is 0 Å². The summed E-state index contributed by atoms with van der Waals surface area (Å²) in [4.78, 5) is 0. The first kappa shape index (κ1) is 86.2. The van der Waals surface area contributed by atoms with Crippen LogP contribution in [-0.4, -0.2) is 246 Å². The minimum Gasteiger partial charge on any atom is -0.378 e. The third-order valence-corrected chi connectivity index (χ3v) is 20.7. The molecule has 33 heteroatoms. The zero-order chi connectivity index (χ0) is 69.8. The summed E-state index contributed by atoms with van der Waals surface area (Å²) in [5, 5.41) is 0. The topological polar surface area (TPSA) is 360 Å². The van der Waals surface area contributed by atoms with E-state index in [9.17, 15) is 50.5 Å². The highest BCUT2D eigenvalue weighted by Crippen LogP contribution is 2.55. The van der Waals surface area contributed by atoms with Crippen molar-refractivity contribution in [3.05, 3.63) is 0 Å². The first-order chi connectivity index (χ1) is 41.1. The molecule has 6 N–H and O–H groups in total. The molecule has 0 aromatic rings. The molecule has 0 spiro atoms. The maximum absolute atomic E-state index is 13.4. The van der Waals surface area contributed by atoms with Gasteiger partial charge in [-0.3, -0.25) is 0 Å². The van der Waals surface area contributed by atoms with Gasteiger partial charge in [0.2, 0.25) is 60.1 Å². The van der Waals surface area contributed by atoms with E-state index in [0.29, 0.717) is 12.8 Å². The van der Waals surface area contributed by atoms with E-state index in [0.717, 1.165) is 37.5 Å². The molecule has 6 atom stereocenters. The monoisotopic (exact) mass is 1430 g/mol. The van der Waals surface area contributed by atoms with Crippen LogP contribution in [0.2, 0.25) is 0 Å². The molecule has 2 aliphatic heterocycles. The molecule has 0 amide bonds. The minimum atomic E-state index is -3.96. The summed E-state index contributed by atoms with van der Waals surface area (Å²) < 4.78 is 234. The summed E-state index contributed by atoms with van der Waals surface area (Å²) in [5.74, 6) is 0. The van der Waals surface area contributed by atoms with Gasteiger partial charge in [-0.15, -0.1) is 0 Å². The van der Waals surface area contributed by atoms with Crippen LogP contribution in [0, 0.1) is 54.1 Å². The summed E-state index contributed by atoms with van der Waals surface area (Å²) in [6, 6.07) is 0. The first-order valence-corrected chi connectivity index (χ1v) is 42.3. The molecule has 91 heavy (non-hydrogen) atoms. The van der Waals surface area contributed by atoms with Crippen molar-refractivity contribution in [2.45, 2.75) is 122 Å². The number of rotatable bonds is 20. The van der Waals surface area contributed by atoms with Crippen LogP contribution in [-0.2, 0) is 103 Å². The minimum absolute atomic E-state index is 0.00282. The summed E-state index contributed by atoms with van der Waals surface area (Å²) in [6.07, 6.45) is 7.06. The van der Waals surface area contributed by atoms with Crippen molar-refractivity contribution in [2.75, 3.05) is 196 Å². The number of nitrogens with one attached hydrogen (secondary N) is 6. The molecule has 2 saturated heterocycles. The van der Waals surface area contributed by atoms with Crippen molar-refractivity contribution >= 4 is 60.1 Å². The molecule has 27 nitrogen and oxygen atoms in total. The van der Waals surface area contributed by atoms with Crippen LogP contribution in [0.15, 0.2) is 0 Å². The van der Waals surface area contributed by atoms with E-state index < -0.39 is 114 Å². The Morgan fingerprint density at radius 1 is 0.275 bits per heavy atom. The molecule has 0 aromatic carbocycles. The van der Waals surface area contributed by atoms with Gasteiger partial charge in [0.25, 0.3) is 0 Å². The first-order valence-electron chi connectivity index (χ1n) is 31.0. The molecule has 544 valence electrons. The molecular weight excluding hydrogens is 1310 g/mol. The average Bonchev–Trinajstić information content (AvgIpc) is 0.776. The van der Waals surface area contributed by atoms with Crippen molar-refractivity contribution in [2.24, 2.45) is 54.1 Å². The summed E-state index contributed by atoms with van der Waals surface area (Å²) >= 11 is 0. The molecular formula is C58H120N6O21S6. The van der Waals surface area contributed by atoms with Gasteiger partial charge >= 0.3 is 0 Å². The molecule has 2 heterocycles. The molecule has 0 aliphatic carbocycles. The lowest BCUT2D eigenvalue weighted by Crippen LogP contribution is -2.57. The average molecular weight is 1430 g/mol. The lowest BCUT2D eigenvalue weighted by Gasteiger charge is -2.53. The fraction of sp³-hybridized carbons (Fsp3) is 1.00. The van der Waals surface area contributed by atoms with Crippen LogP contribution in [0.3, 0.4) is 0 Å². The maximum Gasteiger partial charge on any atom is 0.208 e. The van der Waals surface area contributed by atoms with Crippen molar-refractivity contribution in [3.8, 4) is 0 Å². The van der Waals surface area contributed by atoms with E-state index in [1.54, 1.807) is 0 Å². The zero-order valence-corrected chi connectivity index (χ0v) is 63.1. The van der Waals surface area contributed by atoms with E-state index >= 15 is 0 Å². The number of fused-ring (bicyclic) bond motifs is 10. The Hall–Kier alpha value is -0.900. The molecule has 0 aromatic heterocycles. The van der Waals surface area contributed by atoms with Gasteiger partial charge in [-0.1, -0.05) is 83.1 Å². The Kier molecular flexibility index (Phi) is 33.4. The Morgan fingerprint density at radius 2 is 0.484 bits per heavy atom. The Morgan fingerprint density at radius 3 is 0.714 bits per heavy atom. The highest BCUT2D eigenvalue weighted by molar-refractivity contribution is 7.90. The third kappa shape index (κ3) is 36.0. The largest absolute Gasteiger partial charge is 0.378 e. The van der Waals surface area contributed by atoms with E-state index in [1.807, 2.05) is 83.1 Å². The third-order valence-electron chi connectivity index (χ3n) is 16.7. The highest BCUT2D eigenvalue weighted by Gasteiger charge is 2.55. The van der Waals surface area contributed by atoms with E-state index in [-0.39, 0.29) is 184 Å². The Labute approximate surface area is 549 Å². The van der Waals surface area contributed by atoms with Gasteiger partial charge in [-0.25, -0.2) is 78.8 Å². The van der Waals surface area contributed by atoms with Gasteiger partial charge in [0, 0.05) is 71.8 Å². The van der Waals surface area contributed by atoms with E-state index in [1.165, 1.54) is 0 Å². The lowest BCUT2D eigenvalue weighted by atomic mass is 9.55. The Bertz CT molecular complexity index is 2710. The molecule has 0 saturated carbocycles. The molecule has 2 fully saturated rings. The fourth-order valence-corrected chi connectivity index (χ4v) is 16.2. The van der Waals surface area contributed by atoms with Crippen molar-refractivity contribution in [3.63, 3.8) is 0 Å². The van der Waals surface area contributed by atoms with Gasteiger partial charge in [-0.05, 0) is 60.2 Å². The molecule has 0 radical (unpaired) electrons. The second kappa shape index (κ2) is 35.2. The van der Waals surface area contributed by atoms with Crippen LogP contribution in [0.1, 0.15) is 122 Å². The van der Waals surface area contributed by atoms with Crippen LogP contribution in [0.4, 0.5) is 0 Å². The van der Waals surface area contributed by atoms with Crippen molar-refractivity contribution in [1.29, 1.82) is 0 Å². The zero-order valence-electron chi connectivity index (χ0n) is 58.2. The van der Waals surface area contributed by atoms with Crippen molar-refractivity contribution in [1.82, 2.24) is 28.3 Å². The smallest absolute Gasteiger partial charge is 0.208 e. The molecule has 2 rings (SSSR count). The number of hydrogen-bond acceptors (Lipinski definition) is 21. The predicted molar refractivity (Wildman–Crippen MR) is 355 cm³/mol. The van der Waals surface area contributed by atoms with E-state index in [4.69, 9.17) is 42.6 Å². The molecule has 2 bridgehead atoms. The summed E-state index contributed by atoms with van der Waals surface area (Å²) in [7, 11) is -23.4. The van der Waals surface area contributed by atoms with E-state index in [2.05, 4.69) is 28.3 Å². The lowest BCUT2D eigenvalue weighted by molar-refractivity contribution is -0.115. The quantitative estimate of drug-likeness (QED) is 0.0954. The molecule has 6 unspecified atom stereocenters. The normalized spacial score (nSPS) is 28.8. The standard InChI is InChI=1S/C58H120N6O21S6/c1-49(2,3)31-53(37-59-86(13,65)66)33-55(39-61-88(15,69)70)35-57(51(7,8)9,41-63-90(17,73)74)47-84-29-23-79-24-30-85-48-58(52(10,11)12,42-64-91(18,75)76)36-56(40-62-89(16,71)72,46-83-28-22-78-21-27-82-45-55)34-54(32-50(4,5)6,38-60-87(14,67)68)44-81-26-20-77-19-25-80-43-53/h59-64H,19-48H2,1-18H3. The van der Waals surface area contributed by atoms with Gasteiger partial charge in [-0.2, -0.15) is 0 Å². The van der Waals surface area contributed by atoms with Gasteiger partial charge in [0.05, 0.1) is 156 Å². The second-order valence-electron chi connectivity index (χ2n) is 31.0. The van der Waals surface area contributed by atoms with Gasteiger partial charge in [0.15, 0.2) is 0 Å². The highest BCUT2D eigenvalue weighted by atomic mass is 32.2. The Balaban J connectivity index is 3.29. The van der Waals surface area contributed by atoms with Crippen LogP contribution < -0.4 is 28.3 Å². The number of ether oxygens (including phenoxy) is 9. The summed E-state index contributed by atoms with van der Waals surface area (Å²) in [5.41, 5.74) is -9.84. The van der Waals surface area contributed by atoms with Crippen molar-refractivity contribution < 1.29 is 93.1 Å². The van der Waals surface area contributed by atoms with Gasteiger partial charge in [0.1, 0.15) is 0 Å². The van der Waals surface area contributed by atoms with Crippen LogP contribution in [0.25, 0.3) is 0 Å². The number of sulfonamides is 6. The maximum atomic E-state index is 13.4. The molecule has 2 aliphatic rings. The number of hydrogen-bond donors (Lipinski definition) is 6. The summed E-state index contributed by atoms with van der Waals surface area (Å²) in [6.45, 7) is 21.7. The van der Waals surface area contributed by atoms with Crippen LogP contribution in [0.5, 0.6) is 0 Å². The van der Waals surface area contributed by atoms with Gasteiger partial charge < -0.3 is 42.6 Å². The second-order valence-corrected chi connectivity index (χ2v) is 42.0. The predicted octanol–water partition coefficient (Wildman–Crippen LogP) is 2.90. The fourth-order valence-electron chi connectivity index (χ4n) is 12.8.